The minimum Gasteiger partial charge on any atom is -0.479 e. The molecule has 1 fully saturated rings. The van der Waals surface area contributed by atoms with Crippen LogP contribution in [0, 0.1) is 5.92 Å². The molecule has 0 saturated heterocycles. The van der Waals surface area contributed by atoms with Crippen LogP contribution in [0.4, 0.5) is 5.69 Å². The van der Waals surface area contributed by atoms with Gasteiger partial charge in [0.05, 0.1) is 5.69 Å². The summed E-state index contributed by atoms with van der Waals surface area (Å²) in [7, 11) is 0. The topological polar surface area (TPSA) is 49.9 Å². The highest BCUT2D eigenvalue weighted by molar-refractivity contribution is 6.00. The Bertz CT molecular complexity index is 625. The van der Waals surface area contributed by atoms with Crippen molar-refractivity contribution < 1.29 is 14.3 Å². The summed E-state index contributed by atoms with van der Waals surface area (Å²) in [5.41, 5.74) is 0.759. The van der Waals surface area contributed by atoms with Crippen LogP contribution in [-0.4, -0.2) is 41.9 Å². The zero-order valence-electron chi connectivity index (χ0n) is 14.7. The number of carbonyl (C=O) groups excluding carboxylic acids is 2. The molecule has 3 rings (SSSR count). The molecule has 1 aliphatic carbocycles. The van der Waals surface area contributed by atoms with Crippen molar-refractivity contribution in [1.29, 1.82) is 0 Å². The van der Waals surface area contributed by atoms with Crippen molar-refractivity contribution in [2.75, 3.05) is 18.0 Å². The second kappa shape index (κ2) is 6.83. The summed E-state index contributed by atoms with van der Waals surface area (Å²) in [6.07, 6.45) is 2.06. The minimum absolute atomic E-state index is 0.0802. The Hall–Kier alpha value is -2.04. The molecule has 0 bridgehead atoms. The molecule has 24 heavy (non-hydrogen) atoms. The largest absolute Gasteiger partial charge is 0.479 e. The van der Waals surface area contributed by atoms with Crippen LogP contribution >= 0.6 is 0 Å². The van der Waals surface area contributed by atoms with Crippen LogP contribution in [0.1, 0.15) is 40.0 Å². The fourth-order valence-corrected chi connectivity index (χ4v) is 3.17. The van der Waals surface area contributed by atoms with E-state index in [1.54, 1.807) is 11.8 Å². The molecule has 5 heteroatoms. The van der Waals surface area contributed by atoms with Crippen molar-refractivity contribution in [3.63, 3.8) is 0 Å². The van der Waals surface area contributed by atoms with Gasteiger partial charge in [-0.25, -0.2) is 0 Å². The molecule has 1 saturated carbocycles. The molecule has 1 unspecified atom stereocenters. The van der Waals surface area contributed by atoms with Crippen LogP contribution in [0.2, 0.25) is 0 Å². The van der Waals surface area contributed by atoms with E-state index in [9.17, 15) is 9.59 Å². The van der Waals surface area contributed by atoms with Crippen molar-refractivity contribution >= 4 is 17.5 Å². The fourth-order valence-electron chi connectivity index (χ4n) is 3.17. The predicted molar refractivity (Wildman–Crippen MR) is 93.1 cm³/mol. The molecular formula is C19H26N2O3. The number of amides is 2. The fraction of sp³-hybridized carbons (Fsp3) is 0.579. The van der Waals surface area contributed by atoms with Gasteiger partial charge in [-0.2, -0.15) is 0 Å². The van der Waals surface area contributed by atoms with Gasteiger partial charge in [0.25, 0.3) is 5.91 Å². The number of hydrogen-bond donors (Lipinski definition) is 0. The van der Waals surface area contributed by atoms with Crippen LogP contribution in [-0.2, 0) is 9.59 Å². The number of para-hydroxylation sites is 2. The predicted octanol–water partition coefficient (Wildman–Crippen LogP) is 2.84. The molecule has 0 N–H and O–H groups in total. The second-order valence-electron chi connectivity index (χ2n) is 7.14. The van der Waals surface area contributed by atoms with Gasteiger partial charge in [-0.15, -0.1) is 0 Å². The van der Waals surface area contributed by atoms with E-state index in [1.165, 1.54) is 0 Å². The standard InChI is InChI=1S/C19H26N2O3/c1-13(2)12-21(15-8-9-15)18(22)10-11-20-16-6-4-5-7-17(16)24-14(3)19(20)23/h4-7,13-15H,8-12H2,1-3H3. The number of hydrogen-bond acceptors (Lipinski definition) is 3. The van der Waals surface area contributed by atoms with E-state index in [-0.39, 0.29) is 11.8 Å². The third-order valence-electron chi connectivity index (χ3n) is 4.49. The molecule has 0 spiro atoms. The molecule has 1 aromatic carbocycles. The third kappa shape index (κ3) is 3.55. The number of rotatable bonds is 6. The van der Waals surface area contributed by atoms with Crippen LogP contribution in [0.5, 0.6) is 5.75 Å². The first-order valence-electron chi connectivity index (χ1n) is 8.84. The summed E-state index contributed by atoms with van der Waals surface area (Å²) in [4.78, 5) is 28.8. The lowest BCUT2D eigenvalue weighted by atomic mass is 10.1. The lowest BCUT2D eigenvalue weighted by Crippen LogP contribution is -2.46. The Balaban J connectivity index is 1.69. The van der Waals surface area contributed by atoms with Gasteiger partial charge in [-0.3, -0.25) is 9.59 Å². The summed E-state index contributed by atoms with van der Waals surface area (Å²) in [6.45, 7) is 7.22. The summed E-state index contributed by atoms with van der Waals surface area (Å²) >= 11 is 0. The van der Waals surface area contributed by atoms with Gasteiger partial charge in [0.2, 0.25) is 5.91 Å². The van der Waals surface area contributed by atoms with E-state index in [0.717, 1.165) is 25.1 Å². The van der Waals surface area contributed by atoms with Gasteiger partial charge in [-0.1, -0.05) is 26.0 Å². The number of ether oxygens (including phenoxy) is 1. The van der Waals surface area contributed by atoms with Gasteiger partial charge in [0.1, 0.15) is 5.75 Å². The molecule has 0 radical (unpaired) electrons. The van der Waals surface area contributed by atoms with Gasteiger partial charge >= 0.3 is 0 Å². The van der Waals surface area contributed by atoms with E-state index in [2.05, 4.69) is 13.8 Å². The first-order chi connectivity index (χ1) is 11.5. The number of carbonyl (C=O) groups is 2. The van der Waals surface area contributed by atoms with Gasteiger partial charge in [-0.05, 0) is 37.8 Å². The highest BCUT2D eigenvalue weighted by Gasteiger charge is 2.35. The van der Waals surface area contributed by atoms with E-state index in [0.29, 0.717) is 30.7 Å². The van der Waals surface area contributed by atoms with Crippen LogP contribution in [0.15, 0.2) is 24.3 Å². The average molecular weight is 330 g/mol. The maximum atomic E-state index is 12.7. The molecule has 2 amide bonds. The molecular weight excluding hydrogens is 304 g/mol. The monoisotopic (exact) mass is 330 g/mol. The van der Waals surface area contributed by atoms with Crippen LogP contribution in [0.3, 0.4) is 0 Å². The molecule has 130 valence electrons. The second-order valence-corrected chi connectivity index (χ2v) is 7.14. The van der Waals surface area contributed by atoms with E-state index in [1.807, 2.05) is 29.2 Å². The number of anilines is 1. The van der Waals surface area contributed by atoms with E-state index in [4.69, 9.17) is 4.74 Å². The average Bonchev–Trinajstić information content (AvgIpc) is 3.37. The maximum absolute atomic E-state index is 12.7. The Kier molecular flexibility index (Phi) is 4.78. The smallest absolute Gasteiger partial charge is 0.267 e. The summed E-state index contributed by atoms with van der Waals surface area (Å²) in [6, 6.07) is 7.92. The Morgan fingerprint density at radius 3 is 2.71 bits per heavy atom. The van der Waals surface area contributed by atoms with Crippen LogP contribution in [0.25, 0.3) is 0 Å². The molecule has 0 aromatic heterocycles. The molecule has 1 atom stereocenters. The summed E-state index contributed by atoms with van der Waals surface area (Å²) < 4.78 is 5.64. The quantitative estimate of drug-likeness (QED) is 0.806. The molecule has 5 nitrogen and oxygen atoms in total. The minimum atomic E-state index is -0.509. The number of nitrogens with zero attached hydrogens (tertiary/aromatic N) is 2. The van der Waals surface area contributed by atoms with Crippen molar-refractivity contribution in [1.82, 2.24) is 4.90 Å². The van der Waals surface area contributed by atoms with Crippen molar-refractivity contribution in [3.8, 4) is 5.75 Å². The number of fused-ring (bicyclic) bond motifs is 1. The molecule has 2 aliphatic rings. The Morgan fingerprint density at radius 2 is 2.04 bits per heavy atom. The van der Waals surface area contributed by atoms with Crippen molar-refractivity contribution in [2.45, 2.75) is 52.2 Å². The normalized spacial score (nSPS) is 19.9. The zero-order valence-corrected chi connectivity index (χ0v) is 14.7. The summed E-state index contributed by atoms with van der Waals surface area (Å²) in [5.74, 6) is 1.23. The first-order valence-corrected chi connectivity index (χ1v) is 8.84. The Morgan fingerprint density at radius 1 is 1.33 bits per heavy atom. The third-order valence-corrected chi connectivity index (χ3v) is 4.49. The lowest BCUT2D eigenvalue weighted by molar-refractivity contribution is -0.132. The van der Waals surface area contributed by atoms with Gasteiger partial charge in [0, 0.05) is 25.6 Å². The van der Waals surface area contributed by atoms with E-state index >= 15 is 0 Å². The SMILES string of the molecule is CC(C)CN(C(=O)CCN1C(=O)C(C)Oc2ccccc21)C1CC1. The highest BCUT2D eigenvalue weighted by atomic mass is 16.5. The van der Waals surface area contributed by atoms with Gasteiger partial charge in [0.15, 0.2) is 6.10 Å². The van der Waals surface area contributed by atoms with Crippen LogP contribution < -0.4 is 9.64 Å². The molecule has 1 aliphatic heterocycles. The highest BCUT2D eigenvalue weighted by Crippen LogP contribution is 2.34. The molecule has 1 aromatic rings. The zero-order chi connectivity index (χ0) is 17.3. The molecule has 1 heterocycles. The maximum Gasteiger partial charge on any atom is 0.267 e. The van der Waals surface area contributed by atoms with E-state index < -0.39 is 6.10 Å². The Labute approximate surface area is 143 Å². The number of benzene rings is 1. The lowest BCUT2D eigenvalue weighted by Gasteiger charge is -2.33. The van der Waals surface area contributed by atoms with Gasteiger partial charge < -0.3 is 14.5 Å². The van der Waals surface area contributed by atoms with Crippen molar-refractivity contribution in [2.24, 2.45) is 5.92 Å². The van der Waals surface area contributed by atoms with Crippen molar-refractivity contribution in [3.05, 3.63) is 24.3 Å². The summed E-state index contributed by atoms with van der Waals surface area (Å²) in [5, 5.41) is 0. The first kappa shape index (κ1) is 16.8.